The number of hydrogen-bond donors (Lipinski definition) is 0. The van der Waals surface area contributed by atoms with E-state index in [1.54, 1.807) is 0 Å². The Morgan fingerprint density at radius 1 is 0.875 bits per heavy atom. The fourth-order valence-corrected chi connectivity index (χ4v) is 1.32. The standard InChI is InChI=1S/C9H5ClF6/c10-4-5-1-2-6(8(11,12)13)7(3-5)9(14,15)16/h1-3H,4H2. The molecule has 16 heavy (non-hydrogen) atoms. The number of benzene rings is 1. The van der Waals surface area contributed by atoms with Gasteiger partial charge in [0.15, 0.2) is 0 Å². The van der Waals surface area contributed by atoms with Crippen LogP contribution in [0.2, 0.25) is 0 Å². The third-order valence-electron chi connectivity index (χ3n) is 1.85. The van der Waals surface area contributed by atoms with Gasteiger partial charge in [0.1, 0.15) is 0 Å². The molecule has 0 nitrogen and oxygen atoms in total. The van der Waals surface area contributed by atoms with E-state index in [9.17, 15) is 26.3 Å². The first-order chi connectivity index (χ1) is 7.16. The monoisotopic (exact) mass is 262 g/mol. The van der Waals surface area contributed by atoms with Crippen LogP contribution in [-0.4, -0.2) is 0 Å². The van der Waals surface area contributed by atoms with Gasteiger partial charge in [-0.3, -0.25) is 0 Å². The highest BCUT2D eigenvalue weighted by Crippen LogP contribution is 2.40. The molecule has 1 aromatic carbocycles. The second-order valence-corrected chi connectivity index (χ2v) is 3.28. The minimum Gasteiger partial charge on any atom is -0.166 e. The van der Waals surface area contributed by atoms with Gasteiger partial charge in [0.25, 0.3) is 0 Å². The van der Waals surface area contributed by atoms with Crippen LogP contribution in [0.15, 0.2) is 18.2 Å². The van der Waals surface area contributed by atoms with Crippen molar-refractivity contribution in [3.63, 3.8) is 0 Å². The summed E-state index contributed by atoms with van der Waals surface area (Å²) in [4.78, 5) is 0. The molecule has 0 aliphatic rings. The molecular weight excluding hydrogens is 258 g/mol. The zero-order valence-electron chi connectivity index (χ0n) is 7.58. The van der Waals surface area contributed by atoms with Crippen LogP contribution in [0.3, 0.4) is 0 Å². The minimum absolute atomic E-state index is 0.0120. The van der Waals surface area contributed by atoms with Crippen molar-refractivity contribution in [3.05, 3.63) is 34.9 Å². The maximum atomic E-state index is 12.4. The van der Waals surface area contributed by atoms with Gasteiger partial charge in [0.2, 0.25) is 0 Å². The molecule has 0 N–H and O–H groups in total. The molecule has 90 valence electrons. The molecular formula is C9H5ClF6. The van der Waals surface area contributed by atoms with Crippen LogP contribution in [0.25, 0.3) is 0 Å². The van der Waals surface area contributed by atoms with E-state index in [2.05, 4.69) is 0 Å². The van der Waals surface area contributed by atoms with Crippen molar-refractivity contribution in [2.75, 3.05) is 0 Å². The van der Waals surface area contributed by atoms with E-state index in [0.717, 1.165) is 6.07 Å². The first-order valence-electron chi connectivity index (χ1n) is 3.99. The Bertz CT molecular complexity index is 379. The van der Waals surface area contributed by atoms with Gasteiger partial charge in [-0.2, -0.15) is 26.3 Å². The van der Waals surface area contributed by atoms with Gasteiger partial charge in [-0.25, -0.2) is 0 Å². The predicted molar refractivity (Wildman–Crippen MR) is 46.0 cm³/mol. The molecule has 0 aliphatic heterocycles. The van der Waals surface area contributed by atoms with E-state index >= 15 is 0 Å². The summed E-state index contributed by atoms with van der Waals surface area (Å²) in [5.41, 5.74) is -3.42. The molecule has 0 atom stereocenters. The molecule has 0 fully saturated rings. The molecule has 0 amide bonds. The topological polar surface area (TPSA) is 0 Å². The lowest BCUT2D eigenvalue weighted by Gasteiger charge is -2.15. The van der Waals surface area contributed by atoms with Gasteiger partial charge in [0.05, 0.1) is 11.1 Å². The zero-order chi connectivity index (χ0) is 12.6. The molecule has 0 bridgehead atoms. The van der Waals surface area contributed by atoms with Crippen LogP contribution >= 0.6 is 11.6 Å². The maximum Gasteiger partial charge on any atom is 0.417 e. The lowest BCUT2D eigenvalue weighted by atomic mass is 10.0. The van der Waals surface area contributed by atoms with Crippen LogP contribution in [0, 0.1) is 0 Å². The summed E-state index contributed by atoms with van der Waals surface area (Å²) in [7, 11) is 0. The SMILES string of the molecule is FC(F)(F)c1ccc(CCl)cc1C(F)(F)F. The highest BCUT2D eigenvalue weighted by atomic mass is 35.5. The third-order valence-corrected chi connectivity index (χ3v) is 2.16. The van der Waals surface area contributed by atoms with E-state index < -0.39 is 23.5 Å². The van der Waals surface area contributed by atoms with Crippen molar-refractivity contribution in [3.8, 4) is 0 Å². The molecule has 0 saturated carbocycles. The molecule has 7 heteroatoms. The summed E-state index contributed by atoms with van der Waals surface area (Å²) in [5, 5.41) is 0. The number of hydrogen-bond acceptors (Lipinski definition) is 0. The Hall–Kier alpha value is -0.910. The molecule has 0 saturated heterocycles. The van der Waals surface area contributed by atoms with Gasteiger partial charge in [-0.05, 0) is 17.7 Å². The van der Waals surface area contributed by atoms with E-state index in [1.807, 2.05) is 0 Å². The van der Waals surface area contributed by atoms with Gasteiger partial charge in [-0.15, -0.1) is 11.6 Å². The average Bonchev–Trinajstić information content (AvgIpc) is 2.14. The minimum atomic E-state index is -5.05. The van der Waals surface area contributed by atoms with E-state index in [1.165, 1.54) is 0 Å². The molecule has 0 aromatic heterocycles. The van der Waals surface area contributed by atoms with Gasteiger partial charge in [-0.1, -0.05) is 6.07 Å². The Kier molecular flexibility index (Phi) is 3.42. The van der Waals surface area contributed by atoms with E-state index in [4.69, 9.17) is 11.6 Å². The number of halogens is 7. The summed E-state index contributed by atoms with van der Waals surface area (Å²) in [6, 6.07) is 1.72. The lowest BCUT2D eigenvalue weighted by Crippen LogP contribution is -2.16. The lowest BCUT2D eigenvalue weighted by molar-refractivity contribution is -0.162. The maximum absolute atomic E-state index is 12.4. The van der Waals surface area contributed by atoms with Gasteiger partial charge >= 0.3 is 12.4 Å². The Balaban J connectivity index is 3.40. The second kappa shape index (κ2) is 4.16. The van der Waals surface area contributed by atoms with Crippen molar-refractivity contribution in [2.45, 2.75) is 18.2 Å². The van der Waals surface area contributed by atoms with Crippen LogP contribution in [0.1, 0.15) is 16.7 Å². The Morgan fingerprint density at radius 2 is 1.38 bits per heavy atom. The molecule has 0 spiro atoms. The molecule has 0 aliphatic carbocycles. The third kappa shape index (κ3) is 2.81. The normalized spacial score (nSPS) is 12.9. The predicted octanol–water partition coefficient (Wildman–Crippen LogP) is 4.46. The largest absolute Gasteiger partial charge is 0.417 e. The first-order valence-corrected chi connectivity index (χ1v) is 4.53. The van der Waals surface area contributed by atoms with Crippen molar-refractivity contribution < 1.29 is 26.3 Å². The molecule has 0 unspecified atom stereocenters. The zero-order valence-corrected chi connectivity index (χ0v) is 8.34. The van der Waals surface area contributed by atoms with Crippen LogP contribution in [0.5, 0.6) is 0 Å². The van der Waals surface area contributed by atoms with E-state index in [-0.39, 0.29) is 11.4 Å². The number of rotatable bonds is 1. The summed E-state index contributed by atoms with van der Waals surface area (Å²) >= 11 is 5.27. The fourth-order valence-electron chi connectivity index (χ4n) is 1.16. The summed E-state index contributed by atoms with van der Waals surface area (Å²) in [5.74, 6) is -0.277. The first kappa shape index (κ1) is 13.2. The molecule has 1 aromatic rings. The summed E-state index contributed by atoms with van der Waals surface area (Å²) in [6.45, 7) is 0. The average molecular weight is 263 g/mol. The Morgan fingerprint density at radius 3 is 1.75 bits per heavy atom. The molecule has 1 rings (SSSR count). The number of alkyl halides is 7. The van der Waals surface area contributed by atoms with Gasteiger partial charge < -0.3 is 0 Å². The van der Waals surface area contributed by atoms with Crippen LogP contribution in [0.4, 0.5) is 26.3 Å². The van der Waals surface area contributed by atoms with Crippen molar-refractivity contribution in [2.24, 2.45) is 0 Å². The van der Waals surface area contributed by atoms with Crippen LogP contribution in [-0.2, 0) is 18.2 Å². The van der Waals surface area contributed by atoms with Gasteiger partial charge in [0, 0.05) is 5.88 Å². The molecule has 0 radical (unpaired) electrons. The van der Waals surface area contributed by atoms with Crippen LogP contribution < -0.4 is 0 Å². The molecule has 0 heterocycles. The highest BCUT2D eigenvalue weighted by Gasteiger charge is 2.42. The highest BCUT2D eigenvalue weighted by molar-refractivity contribution is 6.17. The Labute approximate surface area is 91.8 Å². The van der Waals surface area contributed by atoms with Crippen molar-refractivity contribution >= 4 is 11.6 Å². The smallest absolute Gasteiger partial charge is 0.166 e. The quantitative estimate of drug-likeness (QED) is 0.518. The second-order valence-electron chi connectivity index (χ2n) is 3.01. The van der Waals surface area contributed by atoms with E-state index in [0.29, 0.717) is 12.1 Å². The van der Waals surface area contributed by atoms with Crippen molar-refractivity contribution in [1.82, 2.24) is 0 Å². The summed E-state index contributed by atoms with van der Waals surface area (Å²) < 4.78 is 73.9. The summed E-state index contributed by atoms with van der Waals surface area (Å²) in [6.07, 6.45) is -10.1. The van der Waals surface area contributed by atoms with Crippen molar-refractivity contribution in [1.29, 1.82) is 0 Å². The fraction of sp³-hybridized carbons (Fsp3) is 0.333.